The fourth-order valence-electron chi connectivity index (χ4n) is 4.02. The first-order valence-corrected chi connectivity index (χ1v) is 12.3. The number of nitrogens with one attached hydrogen (secondary N) is 3. The lowest BCUT2D eigenvalue weighted by Crippen LogP contribution is -2.32. The third kappa shape index (κ3) is 8.63. The molecule has 3 rings (SSSR count). The highest BCUT2D eigenvalue weighted by atomic mass is 16.3. The molecule has 5 N–H and O–H groups in total. The molecule has 0 aliphatic carbocycles. The maximum Gasteiger partial charge on any atom is 0.224 e. The number of hydrogen-bond acceptors (Lipinski definition) is 6. The molecule has 0 spiro atoms. The van der Waals surface area contributed by atoms with E-state index in [-0.39, 0.29) is 23.4 Å². The maximum absolute atomic E-state index is 12.5. The third-order valence-corrected chi connectivity index (χ3v) is 6.12. The van der Waals surface area contributed by atoms with E-state index in [4.69, 9.17) is 0 Å². The van der Waals surface area contributed by atoms with E-state index >= 15 is 0 Å². The van der Waals surface area contributed by atoms with Crippen LogP contribution in [0.2, 0.25) is 0 Å². The number of carbonyl (C=O) groups is 2. The van der Waals surface area contributed by atoms with Gasteiger partial charge >= 0.3 is 0 Å². The predicted octanol–water partition coefficient (Wildman–Crippen LogP) is 3.14. The van der Waals surface area contributed by atoms with Crippen molar-refractivity contribution in [3.63, 3.8) is 0 Å². The maximum atomic E-state index is 12.5. The molecular formula is C29H36N4O4. The number of benzene rings is 3. The lowest BCUT2D eigenvalue weighted by Gasteiger charge is -2.18. The minimum absolute atomic E-state index is 0.0273. The second kappa shape index (κ2) is 13.4. The van der Waals surface area contributed by atoms with Crippen LogP contribution in [0.25, 0.3) is 0 Å². The molecule has 8 heteroatoms. The van der Waals surface area contributed by atoms with E-state index in [1.807, 2.05) is 74.4 Å². The predicted molar refractivity (Wildman–Crippen MR) is 147 cm³/mol. The van der Waals surface area contributed by atoms with Gasteiger partial charge in [-0.3, -0.25) is 9.59 Å². The molecule has 0 heterocycles. The molecule has 3 aromatic rings. The Morgan fingerprint density at radius 2 is 1.73 bits per heavy atom. The van der Waals surface area contributed by atoms with Crippen molar-refractivity contribution in [2.45, 2.75) is 38.5 Å². The largest absolute Gasteiger partial charge is 0.506 e. The molecule has 0 saturated carbocycles. The van der Waals surface area contributed by atoms with Gasteiger partial charge in [0.2, 0.25) is 12.3 Å². The van der Waals surface area contributed by atoms with Crippen LogP contribution in [0.5, 0.6) is 5.75 Å². The quantitative estimate of drug-likeness (QED) is 0.181. The van der Waals surface area contributed by atoms with E-state index in [1.165, 1.54) is 6.07 Å². The zero-order valence-corrected chi connectivity index (χ0v) is 21.6. The first-order chi connectivity index (χ1) is 17.7. The summed E-state index contributed by atoms with van der Waals surface area (Å²) in [6.07, 6.45) is 0.716. The van der Waals surface area contributed by atoms with Crippen LogP contribution in [-0.4, -0.2) is 49.2 Å². The molecule has 0 aliphatic heterocycles. The van der Waals surface area contributed by atoms with Crippen molar-refractivity contribution in [3.05, 3.63) is 89.0 Å². The molecule has 37 heavy (non-hydrogen) atoms. The van der Waals surface area contributed by atoms with Crippen molar-refractivity contribution in [2.75, 3.05) is 30.9 Å². The van der Waals surface area contributed by atoms with Crippen LogP contribution in [0.15, 0.2) is 66.7 Å². The van der Waals surface area contributed by atoms with Gasteiger partial charge in [-0.25, -0.2) is 0 Å². The number of rotatable bonds is 13. The minimum Gasteiger partial charge on any atom is -0.506 e. The average Bonchev–Trinajstić information content (AvgIpc) is 2.88. The highest BCUT2D eigenvalue weighted by molar-refractivity contribution is 5.78. The zero-order valence-electron chi connectivity index (χ0n) is 21.6. The highest BCUT2D eigenvalue weighted by Gasteiger charge is 2.13. The van der Waals surface area contributed by atoms with E-state index in [0.29, 0.717) is 31.5 Å². The summed E-state index contributed by atoms with van der Waals surface area (Å²) in [7, 11) is 3.99. The average molecular weight is 505 g/mol. The molecule has 2 atom stereocenters. The number of hydrogen-bond donors (Lipinski definition) is 5. The van der Waals surface area contributed by atoms with Crippen LogP contribution in [0.3, 0.4) is 0 Å². The number of aliphatic hydroxyl groups is 1. The number of carbonyl (C=O) groups excluding carboxylic acids is 2. The van der Waals surface area contributed by atoms with Gasteiger partial charge in [0.1, 0.15) is 5.75 Å². The number of phenols is 1. The standard InChI is InChI=1S/C29H36N4O4/c1-20(30-18-28(36)24-9-12-27(35)26(16-24)32-19-34)13-22-5-4-6-23(14-22)15-29(37)31-17-21-7-10-25(11-8-21)33(2)3/h4-12,14,16,19-20,28,30,35-36H,13,15,17-18H2,1-3H3,(H,31,37)(H,32,34)/t20-,28-/m1/s1. The van der Waals surface area contributed by atoms with Crippen LogP contribution in [-0.2, 0) is 29.0 Å². The molecule has 0 unspecified atom stereocenters. The lowest BCUT2D eigenvalue weighted by atomic mass is 10.0. The van der Waals surface area contributed by atoms with E-state index < -0.39 is 6.10 Å². The topological polar surface area (TPSA) is 114 Å². The Morgan fingerprint density at radius 1 is 1.00 bits per heavy atom. The third-order valence-electron chi connectivity index (χ3n) is 6.12. The molecule has 0 radical (unpaired) electrons. The fraction of sp³-hybridized carbons (Fsp3) is 0.310. The van der Waals surface area contributed by atoms with E-state index in [0.717, 1.165) is 28.8 Å². The Labute approximate surface area is 218 Å². The molecule has 196 valence electrons. The van der Waals surface area contributed by atoms with Gasteiger partial charge in [-0.05, 0) is 59.9 Å². The molecule has 0 aromatic heterocycles. The van der Waals surface area contributed by atoms with Gasteiger partial charge in [0.05, 0.1) is 18.2 Å². The molecule has 0 saturated heterocycles. The summed E-state index contributed by atoms with van der Waals surface area (Å²) in [5.74, 6) is -0.0860. The smallest absolute Gasteiger partial charge is 0.224 e. The molecule has 0 fully saturated rings. The Morgan fingerprint density at radius 3 is 2.43 bits per heavy atom. The molecular weight excluding hydrogens is 468 g/mol. The van der Waals surface area contributed by atoms with Gasteiger partial charge in [-0.1, -0.05) is 42.5 Å². The highest BCUT2D eigenvalue weighted by Crippen LogP contribution is 2.26. The van der Waals surface area contributed by atoms with Crippen LogP contribution >= 0.6 is 0 Å². The molecule has 2 amide bonds. The first-order valence-electron chi connectivity index (χ1n) is 12.3. The van der Waals surface area contributed by atoms with E-state index in [1.54, 1.807) is 12.1 Å². The second-order valence-electron chi connectivity index (χ2n) is 9.40. The van der Waals surface area contributed by atoms with Gasteiger partial charge < -0.3 is 31.1 Å². The number of aliphatic hydroxyl groups excluding tert-OH is 1. The molecule has 3 aromatic carbocycles. The van der Waals surface area contributed by atoms with Gasteiger partial charge in [-0.15, -0.1) is 0 Å². The van der Waals surface area contributed by atoms with Crippen molar-refractivity contribution in [1.29, 1.82) is 0 Å². The fourth-order valence-corrected chi connectivity index (χ4v) is 4.02. The van der Waals surface area contributed by atoms with E-state index in [2.05, 4.69) is 16.0 Å². The molecule has 0 aliphatic rings. The Balaban J connectivity index is 1.47. The number of anilines is 2. The van der Waals surface area contributed by atoms with E-state index in [9.17, 15) is 19.8 Å². The van der Waals surface area contributed by atoms with Crippen LogP contribution in [0.1, 0.15) is 35.3 Å². The van der Waals surface area contributed by atoms with Crippen LogP contribution in [0.4, 0.5) is 11.4 Å². The summed E-state index contributed by atoms with van der Waals surface area (Å²) in [4.78, 5) is 25.2. The summed E-state index contributed by atoms with van der Waals surface area (Å²) in [5.41, 5.74) is 5.06. The SMILES string of the molecule is C[C@H](Cc1cccc(CC(=O)NCc2ccc(N(C)C)cc2)c1)NC[C@@H](O)c1ccc(O)c(NC=O)c1. The summed E-state index contributed by atoms with van der Waals surface area (Å²) in [5, 5.41) is 29.0. The van der Waals surface area contributed by atoms with Crippen LogP contribution in [0, 0.1) is 0 Å². The van der Waals surface area contributed by atoms with Crippen molar-refractivity contribution < 1.29 is 19.8 Å². The van der Waals surface area contributed by atoms with Gasteiger partial charge in [0, 0.05) is 38.9 Å². The number of aromatic hydroxyl groups is 1. The zero-order chi connectivity index (χ0) is 26.8. The Hall–Kier alpha value is -3.88. The van der Waals surface area contributed by atoms with Crippen molar-refractivity contribution in [1.82, 2.24) is 10.6 Å². The summed E-state index contributed by atoms with van der Waals surface area (Å²) in [6.45, 7) is 2.83. The Bertz CT molecular complexity index is 1180. The number of amides is 2. The lowest BCUT2D eigenvalue weighted by molar-refractivity contribution is -0.120. The molecule has 8 nitrogen and oxygen atoms in total. The monoisotopic (exact) mass is 504 g/mol. The van der Waals surface area contributed by atoms with Gasteiger partial charge in [-0.2, -0.15) is 0 Å². The number of nitrogens with zero attached hydrogens (tertiary/aromatic N) is 1. The summed E-state index contributed by atoms with van der Waals surface area (Å²) >= 11 is 0. The van der Waals surface area contributed by atoms with Gasteiger partial charge in [0.15, 0.2) is 0 Å². The Kier molecular flexibility index (Phi) is 10.1. The van der Waals surface area contributed by atoms with Crippen molar-refractivity contribution in [3.8, 4) is 5.75 Å². The first kappa shape index (κ1) is 27.7. The molecule has 0 bridgehead atoms. The van der Waals surface area contributed by atoms with Crippen molar-refractivity contribution in [2.24, 2.45) is 0 Å². The van der Waals surface area contributed by atoms with Crippen LogP contribution < -0.4 is 20.9 Å². The minimum atomic E-state index is -0.802. The number of phenolic OH excluding ortho intramolecular Hbond substituents is 1. The summed E-state index contributed by atoms with van der Waals surface area (Å²) in [6, 6.07) is 20.8. The normalized spacial score (nSPS) is 12.4. The van der Waals surface area contributed by atoms with Gasteiger partial charge in [0.25, 0.3) is 0 Å². The summed E-state index contributed by atoms with van der Waals surface area (Å²) < 4.78 is 0. The van der Waals surface area contributed by atoms with Crippen molar-refractivity contribution >= 4 is 23.7 Å². The second-order valence-corrected chi connectivity index (χ2v) is 9.40.